The molecule has 3 rings (SSSR count). The largest absolute Gasteiger partial charge is 0.464 e. The van der Waals surface area contributed by atoms with Crippen LogP contribution in [0.25, 0.3) is 0 Å². The number of thioether (sulfide) groups is 1. The Balaban J connectivity index is 1.78. The van der Waals surface area contributed by atoms with Gasteiger partial charge in [0.25, 0.3) is 0 Å². The summed E-state index contributed by atoms with van der Waals surface area (Å²) in [6.07, 6.45) is 8.63. The van der Waals surface area contributed by atoms with E-state index in [1.807, 2.05) is 24.3 Å². The lowest BCUT2D eigenvalue weighted by Gasteiger charge is -2.35. The van der Waals surface area contributed by atoms with E-state index < -0.39 is 6.04 Å². The average molecular weight is 419 g/mol. The van der Waals surface area contributed by atoms with Crippen molar-refractivity contribution in [3.63, 3.8) is 0 Å². The fourth-order valence-corrected chi connectivity index (χ4v) is 5.92. The third-order valence-electron chi connectivity index (χ3n) is 5.98. The normalized spacial score (nSPS) is 22.5. The van der Waals surface area contributed by atoms with E-state index in [2.05, 4.69) is 19.2 Å². The number of rotatable bonds is 7. The number of carbonyl (C=O) groups excluding carboxylic acids is 2. The number of hydrogen-bond acceptors (Lipinski definition) is 4. The van der Waals surface area contributed by atoms with Crippen molar-refractivity contribution in [3.05, 3.63) is 29.8 Å². The minimum atomic E-state index is -0.502. The molecular formula is C23H34N2O3S. The quantitative estimate of drug-likeness (QED) is 0.473. The molecule has 29 heavy (non-hydrogen) atoms. The van der Waals surface area contributed by atoms with Gasteiger partial charge in [-0.2, -0.15) is 0 Å². The van der Waals surface area contributed by atoms with Gasteiger partial charge in [-0.15, -0.1) is 11.8 Å². The second-order valence-electron chi connectivity index (χ2n) is 8.01. The lowest BCUT2D eigenvalue weighted by molar-refractivity contribution is -0.148. The van der Waals surface area contributed by atoms with Crippen LogP contribution in [-0.2, 0) is 16.0 Å². The Labute approximate surface area is 178 Å². The molecule has 5 nitrogen and oxygen atoms in total. The van der Waals surface area contributed by atoms with E-state index in [1.165, 1.54) is 19.3 Å². The highest BCUT2D eigenvalue weighted by Gasteiger charge is 2.45. The first-order valence-corrected chi connectivity index (χ1v) is 12.2. The Kier molecular flexibility index (Phi) is 8.28. The Morgan fingerprint density at radius 1 is 1.17 bits per heavy atom. The van der Waals surface area contributed by atoms with Crippen LogP contribution in [0.3, 0.4) is 0 Å². The van der Waals surface area contributed by atoms with Crippen LogP contribution >= 0.6 is 11.8 Å². The molecule has 2 fully saturated rings. The molecule has 1 aliphatic carbocycles. The molecule has 0 bridgehead atoms. The summed E-state index contributed by atoms with van der Waals surface area (Å²) in [5.41, 5.74) is 1.93. The van der Waals surface area contributed by atoms with Gasteiger partial charge < -0.3 is 10.1 Å². The van der Waals surface area contributed by atoms with Crippen molar-refractivity contribution in [2.24, 2.45) is 5.92 Å². The predicted molar refractivity (Wildman–Crippen MR) is 119 cm³/mol. The second kappa shape index (κ2) is 10.9. The van der Waals surface area contributed by atoms with Gasteiger partial charge in [0.2, 0.25) is 0 Å². The van der Waals surface area contributed by atoms with Crippen molar-refractivity contribution in [1.29, 1.82) is 0 Å². The van der Waals surface area contributed by atoms with Gasteiger partial charge in [0.15, 0.2) is 0 Å². The first-order chi connectivity index (χ1) is 14.2. The molecule has 0 radical (unpaired) electrons. The molecule has 2 amide bonds. The zero-order valence-electron chi connectivity index (χ0n) is 17.7. The molecule has 2 aliphatic rings. The molecule has 1 saturated carbocycles. The van der Waals surface area contributed by atoms with E-state index in [9.17, 15) is 9.59 Å². The van der Waals surface area contributed by atoms with Gasteiger partial charge in [-0.3, -0.25) is 4.90 Å². The highest BCUT2D eigenvalue weighted by Crippen LogP contribution is 2.41. The molecule has 1 saturated heterocycles. The zero-order chi connectivity index (χ0) is 20.6. The molecule has 160 valence electrons. The number of nitrogens with zero attached hydrogens (tertiary/aromatic N) is 1. The summed E-state index contributed by atoms with van der Waals surface area (Å²) in [4.78, 5) is 27.9. The first-order valence-electron chi connectivity index (χ1n) is 11.1. The topological polar surface area (TPSA) is 58.6 Å². The number of para-hydroxylation sites is 1. The third kappa shape index (κ3) is 5.47. The number of urea groups is 1. The van der Waals surface area contributed by atoms with E-state index in [-0.39, 0.29) is 17.4 Å². The summed E-state index contributed by atoms with van der Waals surface area (Å²) in [6, 6.07) is 7.20. The number of nitrogens with one attached hydrogen (secondary N) is 1. The fourth-order valence-electron chi connectivity index (χ4n) is 4.29. The van der Waals surface area contributed by atoms with Crippen LogP contribution in [0.5, 0.6) is 0 Å². The highest BCUT2D eigenvalue weighted by molar-refractivity contribution is 8.00. The van der Waals surface area contributed by atoms with E-state index in [0.29, 0.717) is 18.3 Å². The van der Waals surface area contributed by atoms with Crippen LogP contribution in [0.1, 0.15) is 64.4 Å². The van der Waals surface area contributed by atoms with Gasteiger partial charge in [0.1, 0.15) is 6.04 Å². The van der Waals surface area contributed by atoms with Gasteiger partial charge in [-0.1, -0.05) is 57.7 Å². The van der Waals surface area contributed by atoms with Crippen molar-refractivity contribution < 1.29 is 14.3 Å². The van der Waals surface area contributed by atoms with Crippen molar-refractivity contribution in [2.75, 3.05) is 17.7 Å². The van der Waals surface area contributed by atoms with Crippen molar-refractivity contribution in [2.45, 2.75) is 76.6 Å². The van der Waals surface area contributed by atoms with Crippen molar-refractivity contribution in [3.8, 4) is 0 Å². The van der Waals surface area contributed by atoms with Crippen LogP contribution in [0.15, 0.2) is 24.3 Å². The average Bonchev–Trinajstić information content (AvgIpc) is 3.20. The van der Waals surface area contributed by atoms with E-state index >= 15 is 0 Å². The molecule has 1 aromatic carbocycles. The Hall–Kier alpha value is -1.69. The van der Waals surface area contributed by atoms with E-state index in [0.717, 1.165) is 43.4 Å². The van der Waals surface area contributed by atoms with Crippen LogP contribution in [-0.4, -0.2) is 40.7 Å². The molecule has 0 aromatic heterocycles. The van der Waals surface area contributed by atoms with Crippen molar-refractivity contribution >= 4 is 29.4 Å². The third-order valence-corrected chi connectivity index (χ3v) is 7.44. The predicted octanol–water partition coefficient (Wildman–Crippen LogP) is 5.45. The number of ether oxygens (including phenoxy) is 1. The molecule has 6 heteroatoms. The van der Waals surface area contributed by atoms with Gasteiger partial charge in [-0.05, 0) is 43.2 Å². The maximum atomic E-state index is 13.4. The monoisotopic (exact) mass is 418 g/mol. The summed E-state index contributed by atoms with van der Waals surface area (Å²) in [6.45, 7) is 4.58. The molecular weight excluding hydrogens is 384 g/mol. The number of carbonyl (C=O) groups is 2. The minimum absolute atomic E-state index is 0.0489. The lowest BCUT2D eigenvalue weighted by Crippen LogP contribution is -2.50. The molecule has 1 aromatic rings. The standard InChI is InChI=1S/C23H34N2O3S/c1-3-5-15-28-22(26)20-16-29-21(18-12-7-6-8-13-18)25(20)23(27)24-19-14-10-9-11-17(19)4-2/h9-11,14,18,20-21H,3-8,12-13,15-16H2,1-2H3,(H,24,27)/t20-,21-/m0/s1. The highest BCUT2D eigenvalue weighted by atomic mass is 32.2. The summed E-state index contributed by atoms with van der Waals surface area (Å²) in [7, 11) is 0. The van der Waals surface area contributed by atoms with Crippen LogP contribution in [0.4, 0.5) is 10.5 Å². The van der Waals surface area contributed by atoms with Gasteiger partial charge >= 0.3 is 12.0 Å². The second-order valence-corrected chi connectivity index (χ2v) is 9.16. The number of aryl methyl sites for hydroxylation is 1. The Morgan fingerprint density at radius 2 is 1.93 bits per heavy atom. The molecule has 1 aliphatic heterocycles. The van der Waals surface area contributed by atoms with Crippen LogP contribution < -0.4 is 5.32 Å². The van der Waals surface area contributed by atoms with Crippen molar-refractivity contribution in [1.82, 2.24) is 4.90 Å². The Morgan fingerprint density at radius 3 is 2.66 bits per heavy atom. The smallest absolute Gasteiger partial charge is 0.329 e. The van der Waals surface area contributed by atoms with Gasteiger partial charge in [-0.25, -0.2) is 9.59 Å². The van der Waals surface area contributed by atoms with Gasteiger partial charge in [0.05, 0.1) is 12.0 Å². The summed E-state index contributed by atoms with van der Waals surface area (Å²) >= 11 is 1.75. The summed E-state index contributed by atoms with van der Waals surface area (Å²) in [5, 5.41) is 3.14. The molecule has 0 unspecified atom stereocenters. The van der Waals surface area contributed by atoms with E-state index in [4.69, 9.17) is 4.74 Å². The summed E-state index contributed by atoms with van der Waals surface area (Å²) < 4.78 is 5.50. The van der Waals surface area contributed by atoms with Crippen LogP contribution in [0, 0.1) is 5.92 Å². The molecule has 0 spiro atoms. The molecule has 2 atom stereocenters. The number of unbranched alkanes of at least 4 members (excludes halogenated alkanes) is 1. The SMILES string of the molecule is CCCCOC(=O)[C@@H]1CS[C@@H](C2CCCCC2)N1C(=O)Nc1ccccc1CC. The van der Waals surface area contributed by atoms with Gasteiger partial charge in [0, 0.05) is 11.4 Å². The maximum absolute atomic E-state index is 13.4. The summed E-state index contributed by atoms with van der Waals surface area (Å²) in [5.74, 6) is 0.812. The first kappa shape index (κ1) is 22.0. The molecule has 1 heterocycles. The number of esters is 1. The number of hydrogen-bond donors (Lipinski definition) is 1. The number of amides is 2. The number of benzene rings is 1. The maximum Gasteiger partial charge on any atom is 0.329 e. The fraction of sp³-hybridized carbons (Fsp3) is 0.652. The zero-order valence-corrected chi connectivity index (χ0v) is 18.5. The molecule has 1 N–H and O–H groups in total. The van der Waals surface area contributed by atoms with E-state index in [1.54, 1.807) is 16.7 Å². The number of anilines is 1. The minimum Gasteiger partial charge on any atom is -0.464 e. The Bertz CT molecular complexity index is 690. The van der Waals surface area contributed by atoms with Crippen LogP contribution in [0.2, 0.25) is 0 Å². The lowest BCUT2D eigenvalue weighted by atomic mass is 9.88.